The monoisotopic (exact) mass is 288 g/mol. The van der Waals surface area contributed by atoms with E-state index in [1.165, 1.54) is 11.1 Å². The van der Waals surface area contributed by atoms with Crippen LogP contribution in [0, 0.1) is 6.92 Å². The smallest absolute Gasteiger partial charge is 0.244 e. The molecular formula is C18H28N2O. The average Bonchev–Trinajstić information content (AvgIpc) is 2.75. The molecule has 3 nitrogen and oxygen atoms in total. The standard InChI is InChI=1S/C18H28N2O/c1-6-14(7-2)20-16(15-12-10-9-11-13(15)4)19-18(5,8-3)17(20)21/h9-12,14,16,19H,6-8H2,1-5H3. The first-order chi connectivity index (χ1) is 9.98. The van der Waals surface area contributed by atoms with E-state index in [0.29, 0.717) is 6.04 Å². The third kappa shape index (κ3) is 2.71. The van der Waals surface area contributed by atoms with E-state index in [2.05, 4.69) is 62.2 Å². The SMILES string of the molecule is CCC(CC)N1C(=O)C(C)(CC)NC1c1ccccc1C. The van der Waals surface area contributed by atoms with Gasteiger partial charge in [0, 0.05) is 6.04 Å². The highest BCUT2D eigenvalue weighted by molar-refractivity contribution is 5.89. The van der Waals surface area contributed by atoms with Gasteiger partial charge in [-0.05, 0) is 44.2 Å². The van der Waals surface area contributed by atoms with Crippen LogP contribution in [0.15, 0.2) is 24.3 Å². The van der Waals surface area contributed by atoms with E-state index in [0.717, 1.165) is 19.3 Å². The molecule has 1 aliphatic rings. The zero-order valence-corrected chi connectivity index (χ0v) is 13.9. The Labute approximate surface area is 128 Å². The molecule has 1 aliphatic heterocycles. The second-order valence-electron chi connectivity index (χ2n) is 6.27. The number of carbonyl (C=O) groups is 1. The van der Waals surface area contributed by atoms with Crippen LogP contribution in [0.5, 0.6) is 0 Å². The summed E-state index contributed by atoms with van der Waals surface area (Å²) in [5, 5.41) is 3.60. The third-order valence-corrected chi connectivity index (χ3v) is 4.97. The number of benzene rings is 1. The molecule has 0 aromatic heterocycles. The molecule has 2 unspecified atom stereocenters. The lowest BCUT2D eigenvalue weighted by atomic mass is 9.98. The number of rotatable bonds is 5. The molecule has 1 saturated heterocycles. The predicted molar refractivity (Wildman–Crippen MR) is 87.0 cm³/mol. The van der Waals surface area contributed by atoms with Gasteiger partial charge in [0.15, 0.2) is 0 Å². The van der Waals surface area contributed by atoms with E-state index in [-0.39, 0.29) is 12.1 Å². The number of aryl methyl sites for hydroxylation is 1. The summed E-state index contributed by atoms with van der Waals surface area (Å²) in [4.78, 5) is 15.1. The van der Waals surface area contributed by atoms with Crippen LogP contribution >= 0.6 is 0 Å². The zero-order chi connectivity index (χ0) is 15.6. The number of nitrogens with zero attached hydrogens (tertiary/aromatic N) is 1. The van der Waals surface area contributed by atoms with Gasteiger partial charge >= 0.3 is 0 Å². The van der Waals surface area contributed by atoms with Gasteiger partial charge in [-0.25, -0.2) is 0 Å². The third-order valence-electron chi connectivity index (χ3n) is 4.97. The summed E-state index contributed by atoms with van der Waals surface area (Å²) in [7, 11) is 0. The lowest BCUT2D eigenvalue weighted by molar-refractivity contribution is -0.135. The highest BCUT2D eigenvalue weighted by atomic mass is 16.2. The Morgan fingerprint density at radius 3 is 2.38 bits per heavy atom. The van der Waals surface area contributed by atoms with Gasteiger partial charge in [0.25, 0.3) is 0 Å². The number of amides is 1. The van der Waals surface area contributed by atoms with Crippen LogP contribution in [0.1, 0.15) is 64.3 Å². The van der Waals surface area contributed by atoms with E-state index < -0.39 is 5.54 Å². The van der Waals surface area contributed by atoms with Gasteiger partial charge in [0.2, 0.25) is 5.91 Å². The molecule has 0 aliphatic carbocycles. The van der Waals surface area contributed by atoms with Gasteiger partial charge in [-0.3, -0.25) is 10.1 Å². The maximum atomic E-state index is 13.0. The summed E-state index contributed by atoms with van der Waals surface area (Å²) in [6, 6.07) is 8.66. The van der Waals surface area contributed by atoms with Crippen LogP contribution < -0.4 is 5.32 Å². The zero-order valence-electron chi connectivity index (χ0n) is 13.9. The summed E-state index contributed by atoms with van der Waals surface area (Å²) < 4.78 is 0. The molecular weight excluding hydrogens is 260 g/mol. The van der Waals surface area contributed by atoms with Gasteiger partial charge in [0.1, 0.15) is 6.17 Å². The van der Waals surface area contributed by atoms with E-state index in [1.54, 1.807) is 0 Å². The molecule has 0 saturated carbocycles. The first-order valence-electron chi connectivity index (χ1n) is 8.14. The van der Waals surface area contributed by atoms with Crippen LogP contribution in [-0.2, 0) is 4.79 Å². The molecule has 1 amide bonds. The van der Waals surface area contributed by atoms with Crippen molar-refractivity contribution in [2.75, 3.05) is 0 Å². The Hall–Kier alpha value is -1.35. The second kappa shape index (κ2) is 6.18. The maximum Gasteiger partial charge on any atom is 0.244 e. The first kappa shape index (κ1) is 16.0. The topological polar surface area (TPSA) is 32.3 Å². The van der Waals surface area contributed by atoms with Crippen LogP contribution in [-0.4, -0.2) is 22.4 Å². The molecule has 1 N–H and O–H groups in total. The number of nitrogens with one attached hydrogen (secondary N) is 1. The van der Waals surface area contributed by atoms with Crippen molar-refractivity contribution < 1.29 is 4.79 Å². The molecule has 21 heavy (non-hydrogen) atoms. The van der Waals surface area contributed by atoms with Crippen LogP contribution in [0.2, 0.25) is 0 Å². The number of carbonyl (C=O) groups excluding carboxylic acids is 1. The van der Waals surface area contributed by atoms with Gasteiger partial charge in [-0.15, -0.1) is 0 Å². The van der Waals surface area contributed by atoms with Crippen molar-refractivity contribution in [3.63, 3.8) is 0 Å². The quantitative estimate of drug-likeness (QED) is 0.894. The van der Waals surface area contributed by atoms with E-state index in [1.807, 2.05) is 6.92 Å². The molecule has 0 radical (unpaired) electrons. The molecule has 1 heterocycles. The van der Waals surface area contributed by atoms with Gasteiger partial charge in [0.05, 0.1) is 5.54 Å². The molecule has 1 fully saturated rings. The van der Waals surface area contributed by atoms with E-state index in [4.69, 9.17) is 0 Å². The van der Waals surface area contributed by atoms with Gasteiger partial charge in [-0.2, -0.15) is 0 Å². The van der Waals surface area contributed by atoms with Crippen LogP contribution in [0.3, 0.4) is 0 Å². The van der Waals surface area contributed by atoms with Gasteiger partial charge < -0.3 is 4.90 Å². The Balaban J connectivity index is 2.46. The van der Waals surface area contributed by atoms with Crippen LogP contribution in [0.4, 0.5) is 0 Å². The first-order valence-corrected chi connectivity index (χ1v) is 8.14. The summed E-state index contributed by atoms with van der Waals surface area (Å²) in [6.45, 7) is 10.6. The highest BCUT2D eigenvalue weighted by Crippen LogP contribution is 2.36. The van der Waals surface area contributed by atoms with Crippen molar-refractivity contribution in [1.82, 2.24) is 10.2 Å². The molecule has 3 heteroatoms. The maximum absolute atomic E-state index is 13.0. The Kier molecular flexibility index (Phi) is 4.72. The fourth-order valence-corrected chi connectivity index (χ4v) is 3.27. The second-order valence-corrected chi connectivity index (χ2v) is 6.27. The fourth-order valence-electron chi connectivity index (χ4n) is 3.27. The molecule has 0 spiro atoms. The summed E-state index contributed by atoms with van der Waals surface area (Å²) in [5.41, 5.74) is 2.00. The fraction of sp³-hybridized carbons (Fsp3) is 0.611. The minimum absolute atomic E-state index is 0.00597. The van der Waals surface area contributed by atoms with Crippen molar-refractivity contribution in [2.45, 2.75) is 71.6 Å². The summed E-state index contributed by atoms with van der Waals surface area (Å²) in [5.74, 6) is 0.243. The van der Waals surface area contributed by atoms with E-state index in [9.17, 15) is 4.79 Å². The average molecular weight is 288 g/mol. The Morgan fingerprint density at radius 1 is 1.24 bits per heavy atom. The lowest BCUT2D eigenvalue weighted by Gasteiger charge is -2.32. The molecule has 2 rings (SSSR count). The minimum Gasteiger partial charge on any atom is -0.318 e. The van der Waals surface area contributed by atoms with Crippen molar-refractivity contribution in [3.8, 4) is 0 Å². The number of hydrogen-bond donors (Lipinski definition) is 1. The highest BCUT2D eigenvalue weighted by Gasteiger charge is 2.49. The van der Waals surface area contributed by atoms with Crippen molar-refractivity contribution in [2.24, 2.45) is 0 Å². The van der Waals surface area contributed by atoms with E-state index >= 15 is 0 Å². The summed E-state index contributed by atoms with van der Waals surface area (Å²) >= 11 is 0. The lowest BCUT2D eigenvalue weighted by Crippen LogP contribution is -2.44. The van der Waals surface area contributed by atoms with Crippen LogP contribution in [0.25, 0.3) is 0 Å². The van der Waals surface area contributed by atoms with Crippen molar-refractivity contribution >= 4 is 5.91 Å². The number of hydrogen-bond acceptors (Lipinski definition) is 2. The summed E-state index contributed by atoms with van der Waals surface area (Å²) in [6.07, 6.45) is 2.79. The normalized spacial score (nSPS) is 25.9. The van der Waals surface area contributed by atoms with Crippen molar-refractivity contribution in [3.05, 3.63) is 35.4 Å². The molecule has 2 atom stereocenters. The molecule has 116 valence electrons. The molecule has 1 aromatic rings. The predicted octanol–water partition coefficient (Wildman–Crippen LogP) is 3.78. The molecule has 1 aromatic carbocycles. The largest absolute Gasteiger partial charge is 0.318 e. The van der Waals surface area contributed by atoms with Crippen molar-refractivity contribution in [1.29, 1.82) is 0 Å². The molecule has 0 bridgehead atoms. The Bertz CT molecular complexity index is 510. The van der Waals surface area contributed by atoms with Gasteiger partial charge in [-0.1, -0.05) is 45.0 Å². The Morgan fingerprint density at radius 2 is 1.86 bits per heavy atom. The minimum atomic E-state index is -0.449.